The molecule has 2 N–H and O–H groups in total. The number of hydrogen-bond acceptors (Lipinski definition) is 2. The first kappa shape index (κ1) is 13.6. The van der Waals surface area contributed by atoms with E-state index in [9.17, 15) is 9.18 Å². The Morgan fingerprint density at radius 1 is 1.41 bits per heavy atom. The molecule has 0 aliphatic rings. The second-order valence-electron chi connectivity index (χ2n) is 4.34. The molecule has 0 aromatic heterocycles. The number of amides is 1. The van der Waals surface area contributed by atoms with Gasteiger partial charge in [0.25, 0.3) is 0 Å². The number of anilines is 1. The van der Waals surface area contributed by atoms with Crippen LogP contribution in [0.25, 0.3) is 0 Å². The van der Waals surface area contributed by atoms with E-state index in [0.29, 0.717) is 24.6 Å². The molecule has 94 valence electrons. The van der Waals surface area contributed by atoms with Crippen molar-refractivity contribution in [3.8, 4) is 0 Å². The molecule has 0 aliphatic carbocycles. The highest BCUT2D eigenvalue weighted by Gasteiger charge is 2.08. The van der Waals surface area contributed by atoms with Crippen LogP contribution in [0, 0.1) is 12.7 Å². The minimum absolute atomic E-state index is 0.178. The molecule has 1 rings (SSSR count). The number of carbonyl (C=O) groups is 1. The topological polar surface area (TPSA) is 41.1 Å². The third kappa shape index (κ3) is 4.53. The van der Waals surface area contributed by atoms with Gasteiger partial charge in [-0.2, -0.15) is 0 Å². The number of rotatable bonds is 5. The van der Waals surface area contributed by atoms with Crippen molar-refractivity contribution in [2.24, 2.45) is 0 Å². The molecule has 0 unspecified atom stereocenters. The first-order chi connectivity index (χ1) is 8.00. The molecular formula is C13H19FN2O. The third-order valence-electron chi connectivity index (χ3n) is 2.37. The maximum atomic E-state index is 13.6. The van der Waals surface area contributed by atoms with Crippen LogP contribution in [0.15, 0.2) is 18.2 Å². The molecule has 0 heterocycles. The molecule has 4 heteroatoms. The number of aryl methyl sites for hydroxylation is 1. The zero-order valence-electron chi connectivity index (χ0n) is 10.5. The fraction of sp³-hybridized carbons (Fsp3) is 0.462. The first-order valence-corrected chi connectivity index (χ1v) is 5.79. The molecule has 0 spiro atoms. The first-order valence-electron chi connectivity index (χ1n) is 5.79. The maximum absolute atomic E-state index is 13.6. The summed E-state index contributed by atoms with van der Waals surface area (Å²) in [6.45, 7) is 6.29. The lowest BCUT2D eigenvalue weighted by atomic mass is 10.2. The van der Waals surface area contributed by atoms with Crippen molar-refractivity contribution in [2.45, 2.75) is 33.2 Å². The highest BCUT2D eigenvalue weighted by Crippen LogP contribution is 2.16. The number of benzene rings is 1. The van der Waals surface area contributed by atoms with Gasteiger partial charge in [-0.3, -0.25) is 4.79 Å². The molecule has 3 nitrogen and oxygen atoms in total. The number of hydrogen-bond donors (Lipinski definition) is 2. The summed E-state index contributed by atoms with van der Waals surface area (Å²) in [6.07, 6.45) is 0.339. The molecule has 1 aromatic rings. The Morgan fingerprint density at radius 2 is 2.12 bits per heavy atom. The van der Waals surface area contributed by atoms with E-state index in [1.165, 1.54) is 0 Å². The van der Waals surface area contributed by atoms with Crippen molar-refractivity contribution >= 4 is 11.6 Å². The van der Waals surface area contributed by atoms with Crippen LogP contribution in [0.3, 0.4) is 0 Å². The SMILES string of the molecule is Cc1cccc(NC(=O)CCNC(C)C)c1F. The van der Waals surface area contributed by atoms with Crippen molar-refractivity contribution in [2.75, 3.05) is 11.9 Å². The Bertz CT molecular complexity index is 391. The predicted molar refractivity (Wildman–Crippen MR) is 67.5 cm³/mol. The predicted octanol–water partition coefficient (Wildman–Crippen LogP) is 2.46. The van der Waals surface area contributed by atoms with E-state index < -0.39 is 0 Å². The van der Waals surface area contributed by atoms with Crippen LogP contribution >= 0.6 is 0 Å². The lowest BCUT2D eigenvalue weighted by molar-refractivity contribution is -0.116. The van der Waals surface area contributed by atoms with Crippen LogP contribution in [0.5, 0.6) is 0 Å². The van der Waals surface area contributed by atoms with Crippen LogP contribution in [-0.2, 0) is 4.79 Å². The van der Waals surface area contributed by atoms with Gasteiger partial charge in [-0.15, -0.1) is 0 Å². The molecule has 0 atom stereocenters. The Hall–Kier alpha value is -1.42. The summed E-state index contributed by atoms with van der Waals surface area (Å²) in [4.78, 5) is 11.5. The maximum Gasteiger partial charge on any atom is 0.225 e. The van der Waals surface area contributed by atoms with Crippen molar-refractivity contribution in [3.63, 3.8) is 0 Å². The molecule has 0 bridgehead atoms. The number of halogens is 1. The van der Waals surface area contributed by atoms with Gasteiger partial charge in [0.1, 0.15) is 5.82 Å². The summed E-state index contributed by atoms with van der Waals surface area (Å²) in [5.41, 5.74) is 0.780. The van der Waals surface area contributed by atoms with Crippen molar-refractivity contribution in [1.29, 1.82) is 0 Å². The van der Waals surface area contributed by atoms with Crippen LogP contribution in [0.1, 0.15) is 25.8 Å². The zero-order valence-corrected chi connectivity index (χ0v) is 10.5. The summed E-state index contributed by atoms with van der Waals surface area (Å²) < 4.78 is 13.6. The molecule has 0 saturated carbocycles. The second kappa shape index (κ2) is 6.35. The van der Waals surface area contributed by atoms with Gasteiger partial charge in [0.15, 0.2) is 0 Å². The largest absolute Gasteiger partial charge is 0.324 e. The molecule has 0 saturated heterocycles. The van der Waals surface area contributed by atoms with Gasteiger partial charge in [0.05, 0.1) is 5.69 Å². The molecule has 17 heavy (non-hydrogen) atoms. The summed E-state index contributed by atoms with van der Waals surface area (Å²) in [5, 5.41) is 5.70. The fourth-order valence-corrected chi connectivity index (χ4v) is 1.43. The lowest BCUT2D eigenvalue weighted by Gasteiger charge is -2.09. The van der Waals surface area contributed by atoms with E-state index in [-0.39, 0.29) is 17.4 Å². The number of carbonyl (C=O) groups excluding carboxylic acids is 1. The van der Waals surface area contributed by atoms with E-state index in [4.69, 9.17) is 0 Å². The Labute approximate surface area is 101 Å². The van der Waals surface area contributed by atoms with Crippen molar-refractivity contribution in [1.82, 2.24) is 5.32 Å². The highest BCUT2D eigenvalue weighted by molar-refractivity contribution is 5.91. The standard InChI is InChI=1S/C13H19FN2O/c1-9(2)15-8-7-12(17)16-11-6-4-5-10(3)13(11)14/h4-6,9,15H,7-8H2,1-3H3,(H,16,17). The van der Waals surface area contributed by atoms with E-state index in [2.05, 4.69) is 10.6 Å². The van der Waals surface area contributed by atoms with Gasteiger partial charge in [-0.05, 0) is 18.6 Å². The van der Waals surface area contributed by atoms with Crippen LogP contribution in [0.4, 0.5) is 10.1 Å². The minimum Gasteiger partial charge on any atom is -0.324 e. The summed E-state index contributed by atoms with van der Waals surface area (Å²) in [5.74, 6) is -0.541. The van der Waals surface area contributed by atoms with Gasteiger partial charge in [0.2, 0.25) is 5.91 Å². The normalized spacial score (nSPS) is 10.6. The Balaban J connectivity index is 2.48. The molecule has 0 radical (unpaired) electrons. The van der Waals surface area contributed by atoms with Crippen LogP contribution < -0.4 is 10.6 Å². The molecule has 1 amide bonds. The van der Waals surface area contributed by atoms with E-state index in [1.807, 2.05) is 13.8 Å². The van der Waals surface area contributed by atoms with Crippen molar-refractivity contribution in [3.05, 3.63) is 29.6 Å². The van der Waals surface area contributed by atoms with Gasteiger partial charge < -0.3 is 10.6 Å². The average Bonchev–Trinajstić information content (AvgIpc) is 2.24. The minimum atomic E-state index is -0.363. The molecule has 0 fully saturated rings. The summed E-state index contributed by atoms with van der Waals surface area (Å²) in [6, 6.07) is 5.31. The Morgan fingerprint density at radius 3 is 2.76 bits per heavy atom. The highest BCUT2D eigenvalue weighted by atomic mass is 19.1. The summed E-state index contributed by atoms with van der Waals surface area (Å²) >= 11 is 0. The quantitative estimate of drug-likeness (QED) is 0.827. The molecule has 0 aliphatic heterocycles. The van der Waals surface area contributed by atoms with Crippen LogP contribution in [-0.4, -0.2) is 18.5 Å². The number of nitrogens with one attached hydrogen (secondary N) is 2. The second-order valence-corrected chi connectivity index (χ2v) is 4.34. The van der Waals surface area contributed by atoms with E-state index in [1.54, 1.807) is 25.1 Å². The smallest absolute Gasteiger partial charge is 0.225 e. The monoisotopic (exact) mass is 238 g/mol. The van der Waals surface area contributed by atoms with E-state index in [0.717, 1.165) is 0 Å². The van der Waals surface area contributed by atoms with Gasteiger partial charge in [-0.25, -0.2) is 4.39 Å². The van der Waals surface area contributed by atoms with Crippen molar-refractivity contribution < 1.29 is 9.18 Å². The Kier molecular flexibility index (Phi) is 5.10. The summed E-state index contributed by atoms with van der Waals surface area (Å²) in [7, 11) is 0. The average molecular weight is 238 g/mol. The van der Waals surface area contributed by atoms with Gasteiger partial charge in [-0.1, -0.05) is 26.0 Å². The zero-order chi connectivity index (χ0) is 12.8. The van der Waals surface area contributed by atoms with Gasteiger partial charge >= 0.3 is 0 Å². The molecule has 1 aromatic carbocycles. The van der Waals surface area contributed by atoms with E-state index >= 15 is 0 Å². The molecular weight excluding hydrogens is 219 g/mol. The lowest BCUT2D eigenvalue weighted by Crippen LogP contribution is -2.27. The van der Waals surface area contributed by atoms with Gasteiger partial charge in [0, 0.05) is 19.0 Å². The third-order valence-corrected chi connectivity index (χ3v) is 2.37. The van der Waals surface area contributed by atoms with Crippen LogP contribution in [0.2, 0.25) is 0 Å². The fourth-order valence-electron chi connectivity index (χ4n) is 1.43.